The zero-order chi connectivity index (χ0) is 9.14. The maximum Gasteiger partial charge on any atom is 0.242 e. The van der Waals surface area contributed by atoms with Gasteiger partial charge in [-0.1, -0.05) is 0 Å². The molecule has 1 N–H and O–H groups in total. The van der Waals surface area contributed by atoms with Gasteiger partial charge >= 0.3 is 0 Å². The first kappa shape index (κ1) is 9.03. The standard InChI is InChI=1S/C8H14N2O2/c1-6(11)10-5-3-4-7(10)8(12)9-2/h7H,3-5H2,1-2H3,(H,9,12)/t7-/m1/s1. The van der Waals surface area contributed by atoms with Crippen molar-refractivity contribution in [3.05, 3.63) is 0 Å². The van der Waals surface area contributed by atoms with Gasteiger partial charge < -0.3 is 10.2 Å². The molecule has 68 valence electrons. The summed E-state index contributed by atoms with van der Waals surface area (Å²) in [5.41, 5.74) is 0. The lowest BCUT2D eigenvalue weighted by atomic mass is 10.2. The van der Waals surface area contributed by atoms with Crippen molar-refractivity contribution >= 4 is 11.8 Å². The van der Waals surface area contributed by atoms with Gasteiger partial charge in [-0.05, 0) is 12.8 Å². The zero-order valence-electron chi connectivity index (χ0n) is 7.46. The normalized spacial score (nSPS) is 22.5. The number of hydrogen-bond donors (Lipinski definition) is 1. The summed E-state index contributed by atoms with van der Waals surface area (Å²) >= 11 is 0. The van der Waals surface area contributed by atoms with Crippen LogP contribution in [0.5, 0.6) is 0 Å². The monoisotopic (exact) mass is 170 g/mol. The van der Waals surface area contributed by atoms with E-state index in [1.54, 1.807) is 11.9 Å². The van der Waals surface area contributed by atoms with E-state index in [1.807, 2.05) is 0 Å². The summed E-state index contributed by atoms with van der Waals surface area (Å²) in [6.45, 7) is 2.22. The van der Waals surface area contributed by atoms with Crippen LogP contribution in [0, 0.1) is 0 Å². The topological polar surface area (TPSA) is 49.4 Å². The Morgan fingerprint density at radius 1 is 1.50 bits per heavy atom. The fourth-order valence-electron chi connectivity index (χ4n) is 1.58. The van der Waals surface area contributed by atoms with Crippen LogP contribution < -0.4 is 5.32 Å². The quantitative estimate of drug-likeness (QED) is 0.589. The van der Waals surface area contributed by atoms with E-state index in [0.717, 1.165) is 12.8 Å². The molecule has 1 saturated heterocycles. The number of nitrogens with one attached hydrogen (secondary N) is 1. The maximum absolute atomic E-state index is 11.2. The van der Waals surface area contributed by atoms with E-state index in [2.05, 4.69) is 5.32 Å². The Morgan fingerprint density at radius 3 is 2.67 bits per heavy atom. The number of hydrogen-bond acceptors (Lipinski definition) is 2. The Balaban J connectivity index is 2.63. The second kappa shape index (κ2) is 3.56. The van der Waals surface area contributed by atoms with Crippen LogP contribution in [-0.4, -0.2) is 36.3 Å². The molecule has 0 bridgehead atoms. The Morgan fingerprint density at radius 2 is 2.17 bits per heavy atom. The van der Waals surface area contributed by atoms with Crippen LogP contribution in [0.2, 0.25) is 0 Å². The summed E-state index contributed by atoms with van der Waals surface area (Å²) in [6.07, 6.45) is 1.72. The molecule has 0 aliphatic carbocycles. The predicted molar refractivity (Wildman–Crippen MR) is 44.5 cm³/mol. The fourth-order valence-corrected chi connectivity index (χ4v) is 1.58. The molecule has 1 aliphatic heterocycles. The highest BCUT2D eigenvalue weighted by Crippen LogP contribution is 2.16. The SMILES string of the molecule is CNC(=O)[C@H]1CCCN1C(C)=O. The van der Waals surface area contributed by atoms with E-state index in [4.69, 9.17) is 0 Å². The van der Waals surface area contributed by atoms with Crippen LogP contribution in [0.4, 0.5) is 0 Å². The third-order valence-electron chi connectivity index (χ3n) is 2.21. The molecule has 1 atom stereocenters. The first-order chi connectivity index (χ1) is 5.66. The minimum Gasteiger partial charge on any atom is -0.357 e. The number of carbonyl (C=O) groups is 2. The van der Waals surface area contributed by atoms with Crippen LogP contribution in [-0.2, 0) is 9.59 Å². The highest BCUT2D eigenvalue weighted by atomic mass is 16.2. The number of nitrogens with zero attached hydrogens (tertiary/aromatic N) is 1. The molecule has 1 rings (SSSR count). The highest BCUT2D eigenvalue weighted by Gasteiger charge is 2.31. The first-order valence-electron chi connectivity index (χ1n) is 4.15. The van der Waals surface area contributed by atoms with Gasteiger partial charge in [0.15, 0.2) is 0 Å². The molecule has 12 heavy (non-hydrogen) atoms. The van der Waals surface area contributed by atoms with E-state index < -0.39 is 0 Å². The summed E-state index contributed by atoms with van der Waals surface area (Å²) in [6, 6.07) is -0.229. The van der Waals surface area contributed by atoms with E-state index in [0.29, 0.717) is 6.54 Å². The number of likely N-dealkylation sites (tertiary alicyclic amines) is 1. The Kier molecular flexibility index (Phi) is 2.68. The third-order valence-corrected chi connectivity index (χ3v) is 2.21. The van der Waals surface area contributed by atoms with Gasteiger partial charge in [0.2, 0.25) is 11.8 Å². The number of carbonyl (C=O) groups excluding carboxylic acids is 2. The molecule has 0 radical (unpaired) electrons. The van der Waals surface area contributed by atoms with Crippen LogP contribution in [0.15, 0.2) is 0 Å². The molecule has 4 nitrogen and oxygen atoms in total. The van der Waals surface area contributed by atoms with Crippen LogP contribution in [0.25, 0.3) is 0 Å². The van der Waals surface area contributed by atoms with Crippen molar-refractivity contribution in [3.63, 3.8) is 0 Å². The lowest BCUT2D eigenvalue weighted by molar-refractivity contribution is -0.136. The fraction of sp³-hybridized carbons (Fsp3) is 0.750. The molecule has 1 aliphatic rings. The van der Waals surface area contributed by atoms with Gasteiger partial charge in [0.05, 0.1) is 0 Å². The summed E-state index contributed by atoms with van der Waals surface area (Å²) in [5, 5.41) is 2.56. The molecule has 0 aromatic carbocycles. The molecule has 0 spiro atoms. The highest BCUT2D eigenvalue weighted by molar-refractivity contribution is 5.87. The smallest absolute Gasteiger partial charge is 0.242 e. The molecule has 0 saturated carbocycles. The molecular weight excluding hydrogens is 156 g/mol. The average Bonchev–Trinajstić information content (AvgIpc) is 2.50. The van der Waals surface area contributed by atoms with Crippen molar-refractivity contribution < 1.29 is 9.59 Å². The minimum absolute atomic E-state index is 0.0129. The lowest BCUT2D eigenvalue weighted by Gasteiger charge is -2.21. The Labute approximate surface area is 71.9 Å². The molecule has 2 amide bonds. The van der Waals surface area contributed by atoms with Crippen molar-refractivity contribution in [2.45, 2.75) is 25.8 Å². The van der Waals surface area contributed by atoms with Crippen molar-refractivity contribution in [2.75, 3.05) is 13.6 Å². The second-order valence-electron chi connectivity index (χ2n) is 2.98. The summed E-state index contributed by atoms with van der Waals surface area (Å²) in [4.78, 5) is 23.9. The molecule has 0 unspecified atom stereocenters. The van der Waals surface area contributed by atoms with Gasteiger partial charge in [0.25, 0.3) is 0 Å². The molecule has 0 aromatic heterocycles. The van der Waals surface area contributed by atoms with Gasteiger partial charge in [-0.25, -0.2) is 0 Å². The van der Waals surface area contributed by atoms with Crippen molar-refractivity contribution in [3.8, 4) is 0 Å². The third kappa shape index (κ3) is 1.57. The average molecular weight is 170 g/mol. The van der Waals surface area contributed by atoms with Crippen LogP contribution >= 0.6 is 0 Å². The molecular formula is C8H14N2O2. The zero-order valence-corrected chi connectivity index (χ0v) is 7.46. The van der Waals surface area contributed by atoms with Crippen molar-refractivity contribution in [1.29, 1.82) is 0 Å². The van der Waals surface area contributed by atoms with E-state index in [9.17, 15) is 9.59 Å². The van der Waals surface area contributed by atoms with Crippen molar-refractivity contribution in [1.82, 2.24) is 10.2 Å². The van der Waals surface area contributed by atoms with E-state index >= 15 is 0 Å². The number of likely N-dealkylation sites (N-methyl/N-ethyl adjacent to an activating group) is 1. The predicted octanol–water partition coefficient (Wildman–Crippen LogP) is -0.257. The summed E-state index contributed by atoms with van der Waals surface area (Å²) in [5.74, 6) is -0.0659. The number of amides is 2. The molecule has 1 heterocycles. The van der Waals surface area contributed by atoms with Gasteiger partial charge in [-0.2, -0.15) is 0 Å². The van der Waals surface area contributed by atoms with Gasteiger partial charge in [-0.15, -0.1) is 0 Å². The van der Waals surface area contributed by atoms with Gasteiger partial charge in [0.1, 0.15) is 6.04 Å². The molecule has 0 aromatic rings. The van der Waals surface area contributed by atoms with E-state index in [-0.39, 0.29) is 17.9 Å². The number of rotatable bonds is 1. The maximum atomic E-state index is 11.2. The molecule has 4 heteroatoms. The summed E-state index contributed by atoms with van der Waals surface area (Å²) in [7, 11) is 1.60. The van der Waals surface area contributed by atoms with Gasteiger partial charge in [-0.3, -0.25) is 9.59 Å². The molecule has 1 fully saturated rings. The Bertz CT molecular complexity index is 203. The second-order valence-corrected chi connectivity index (χ2v) is 2.98. The van der Waals surface area contributed by atoms with Crippen molar-refractivity contribution in [2.24, 2.45) is 0 Å². The van der Waals surface area contributed by atoms with Gasteiger partial charge in [0, 0.05) is 20.5 Å². The van der Waals surface area contributed by atoms with Crippen LogP contribution in [0.3, 0.4) is 0 Å². The van der Waals surface area contributed by atoms with Crippen LogP contribution in [0.1, 0.15) is 19.8 Å². The van der Waals surface area contributed by atoms with E-state index in [1.165, 1.54) is 6.92 Å². The first-order valence-corrected chi connectivity index (χ1v) is 4.15. The lowest BCUT2D eigenvalue weighted by Crippen LogP contribution is -2.43. The minimum atomic E-state index is -0.229. The summed E-state index contributed by atoms with van der Waals surface area (Å²) < 4.78 is 0. The Hall–Kier alpha value is -1.06. The largest absolute Gasteiger partial charge is 0.357 e.